The minimum Gasteiger partial charge on any atom is -0.444 e. The van der Waals surface area contributed by atoms with Gasteiger partial charge in [-0.3, -0.25) is 0 Å². The van der Waals surface area contributed by atoms with Crippen LogP contribution in [0.3, 0.4) is 0 Å². The standard InChI is InChI=1S/C16H18N2O3/c1-16(2,3)21-15(20)17-10-4-6-13-8-9-14(18-12-13)7-5-11-19/h8-9,12,19H,10-11H2,1-3H3,(H,17,20). The molecule has 0 aliphatic heterocycles. The van der Waals surface area contributed by atoms with Crippen LogP contribution in [0.4, 0.5) is 4.79 Å². The fourth-order valence-corrected chi connectivity index (χ4v) is 1.25. The van der Waals surface area contributed by atoms with E-state index in [1.54, 1.807) is 39.1 Å². The summed E-state index contributed by atoms with van der Waals surface area (Å²) in [7, 11) is 0. The molecule has 0 unspecified atom stereocenters. The van der Waals surface area contributed by atoms with Crippen molar-refractivity contribution in [2.24, 2.45) is 0 Å². The molecule has 0 bridgehead atoms. The number of alkyl carbamates (subject to hydrolysis) is 1. The fraction of sp³-hybridized carbons (Fsp3) is 0.375. The highest BCUT2D eigenvalue weighted by atomic mass is 16.6. The van der Waals surface area contributed by atoms with Gasteiger partial charge in [-0.15, -0.1) is 0 Å². The van der Waals surface area contributed by atoms with E-state index < -0.39 is 11.7 Å². The van der Waals surface area contributed by atoms with Gasteiger partial charge in [0.1, 0.15) is 17.9 Å². The molecule has 21 heavy (non-hydrogen) atoms. The Morgan fingerprint density at radius 3 is 2.67 bits per heavy atom. The van der Waals surface area contributed by atoms with Gasteiger partial charge in [0.2, 0.25) is 0 Å². The summed E-state index contributed by atoms with van der Waals surface area (Å²) in [5.41, 5.74) is 0.768. The van der Waals surface area contributed by atoms with Crippen molar-refractivity contribution in [2.75, 3.05) is 13.2 Å². The van der Waals surface area contributed by atoms with Crippen molar-refractivity contribution >= 4 is 6.09 Å². The Hall–Kier alpha value is -2.50. The number of nitrogens with zero attached hydrogens (tertiary/aromatic N) is 1. The van der Waals surface area contributed by atoms with Crippen molar-refractivity contribution in [2.45, 2.75) is 26.4 Å². The Labute approximate surface area is 124 Å². The van der Waals surface area contributed by atoms with E-state index in [9.17, 15) is 4.79 Å². The molecule has 5 nitrogen and oxygen atoms in total. The Balaban J connectivity index is 2.46. The van der Waals surface area contributed by atoms with Gasteiger partial charge in [0, 0.05) is 11.8 Å². The van der Waals surface area contributed by atoms with Crippen molar-refractivity contribution in [1.82, 2.24) is 10.3 Å². The number of ether oxygens (including phenoxy) is 1. The molecule has 0 saturated heterocycles. The van der Waals surface area contributed by atoms with Crippen LogP contribution < -0.4 is 5.32 Å². The monoisotopic (exact) mass is 286 g/mol. The van der Waals surface area contributed by atoms with Crippen molar-refractivity contribution in [3.8, 4) is 23.7 Å². The first kappa shape index (κ1) is 16.6. The maximum atomic E-state index is 11.4. The van der Waals surface area contributed by atoms with Gasteiger partial charge in [-0.2, -0.15) is 0 Å². The van der Waals surface area contributed by atoms with Gasteiger partial charge < -0.3 is 15.2 Å². The zero-order valence-corrected chi connectivity index (χ0v) is 12.4. The van der Waals surface area contributed by atoms with E-state index in [1.807, 2.05) is 0 Å². The first-order valence-corrected chi connectivity index (χ1v) is 6.42. The number of aliphatic hydroxyl groups is 1. The number of rotatable bonds is 1. The number of aliphatic hydroxyl groups excluding tert-OH is 1. The molecule has 0 fully saturated rings. The lowest BCUT2D eigenvalue weighted by Gasteiger charge is -2.18. The van der Waals surface area contributed by atoms with Crippen LogP contribution in [0, 0.1) is 23.7 Å². The van der Waals surface area contributed by atoms with Crippen LogP contribution in [0.5, 0.6) is 0 Å². The number of amides is 1. The number of aromatic nitrogens is 1. The van der Waals surface area contributed by atoms with E-state index in [0.29, 0.717) is 5.69 Å². The normalized spacial score (nSPS) is 9.71. The maximum absolute atomic E-state index is 11.4. The molecule has 0 atom stereocenters. The molecule has 1 aromatic rings. The van der Waals surface area contributed by atoms with Gasteiger partial charge in [-0.25, -0.2) is 9.78 Å². The topological polar surface area (TPSA) is 71.5 Å². The summed E-state index contributed by atoms with van der Waals surface area (Å²) in [6.45, 7) is 5.39. The van der Waals surface area contributed by atoms with E-state index in [-0.39, 0.29) is 13.2 Å². The number of nitrogens with one attached hydrogen (secondary N) is 1. The smallest absolute Gasteiger partial charge is 0.408 e. The summed E-state index contributed by atoms with van der Waals surface area (Å²) in [5, 5.41) is 11.1. The third-order valence-electron chi connectivity index (χ3n) is 2.01. The SMILES string of the molecule is CC(C)(C)OC(=O)NCC#Cc1ccc(C#CCO)nc1. The number of carbonyl (C=O) groups excluding carboxylic acids is 1. The van der Waals surface area contributed by atoms with E-state index in [4.69, 9.17) is 9.84 Å². The van der Waals surface area contributed by atoms with Crippen molar-refractivity contribution in [1.29, 1.82) is 0 Å². The lowest BCUT2D eigenvalue weighted by atomic mass is 10.2. The van der Waals surface area contributed by atoms with Crippen LogP contribution in [-0.2, 0) is 4.74 Å². The highest BCUT2D eigenvalue weighted by Gasteiger charge is 2.14. The quantitative estimate of drug-likeness (QED) is 0.763. The summed E-state index contributed by atoms with van der Waals surface area (Å²) < 4.78 is 5.08. The average molecular weight is 286 g/mol. The van der Waals surface area contributed by atoms with Crippen LogP contribution in [0.15, 0.2) is 18.3 Å². The molecule has 0 aliphatic rings. The Kier molecular flexibility index (Phi) is 6.26. The second-order valence-electron chi connectivity index (χ2n) is 5.05. The van der Waals surface area contributed by atoms with Crippen LogP contribution in [-0.4, -0.2) is 34.9 Å². The first-order valence-electron chi connectivity index (χ1n) is 6.42. The zero-order valence-electron chi connectivity index (χ0n) is 12.4. The van der Waals surface area contributed by atoms with Crippen molar-refractivity contribution < 1.29 is 14.6 Å². The van der Waals surface area contributed by atoms with E-state index in [0.717, 1.165) is 5.56 Å². The van der Waals surface area contributed by atoms with E-state index in [2.05, 4.69) is 34.0 Å². The molecule has 1 amide bonds. The molecular formula is C16H18N2O3. The zero-order chi connectivity index (χ0) is 15.7. The average Bonchev–Trinajstić information content (AvgIpc) is 2.41. The molecular weight excluding hydrogens is 268 g/mol. The Morgan fingerprint density at radius 1 is 1.33 bits per heavy atom. The number of pyridine rings is 1. The van der Waals surface area contributed by atoms with Crippen molar-refractivity contribution in [3.05, 3.63) is 29.6 Å². The van der Waals surface area contributed by atoms with E-state index >= 15 is 0 Å². The molecule has 0 spiro atoms. The van der Waals surface area contributed by atoms with Gasteiger partial charge in [0.25, 0.3) is 0 Å². The Bertz CT molecular complexity index is 593. The summed E-state index contributed by atoms with van der Waals surface area (Å²) >= 11 is 0. The maximum Gasteiger partial charge on any atom is 0.408 e. The van der Waals surface area contributed by atoms with Gasteiger partial charge in [0.05, 0.1) is 6.54 Å². The number of hydrogen-bond acceptors (Lipinski definition) is 4. The van der Waals surface area contributed by atoms with Gasteiger partial charge in [-0.1, -0.05) is 17.8 Å². The summed E-state index contributed by atoms with van der Waals surface area (Å²) in [6.07, 6.45) is 1.09. The Morgan fingerprint density at radius 2 is 2.10 bits per heavy atom. The molecule has 0 aliphatic carbocycles. The van der Waals surface area contributed by atoms with Crippen LogP contribution in [0.2, 0.25) is 0 Å². The lowest BCUT2D eigenvalue weighted by molar-refractivity contribution is 0.0535. The van der Waals surface area contributed by atoms with Gasteiger partial charge in [0.15, 0.2) is 0 Å². The minimum atomic E-state index is -0.521. The van der Waals surface area contributed by atoms with E-state index in [1.165, 1.54) is 0 Å². The fourth-order valence-electron chi connectivity index (χ4n) is 1.25. The predicted octanol–water partition coefficient (Wildman–Crippen LogP) is 1.30. The van der Waals surface area contributed by atoms with Crippen molar-refractivity contribution in [3.63, 3.8) is 0 Å². The molecule has 110 valence electrons. The minimum absolute atomic E-state index is 0.195. The van der Waals surface area contributed by atoms with Crippen LogP contribution in [0.1, 0.15) is 32.0 Å². The second-order valence-corrected chi connectivity index (χ2v) is 5.05. The molecule has 2 N–H and O–H groups in total. The summed E-state index contributed by atoms with van der Waals surface area (Å²) in [4.78, 5) is 15.4. The highest BCUT2D eigenvalue weighted by molar-refractivity contribution is 5.68. The van der Waals surface area contributed by atoms with Gasteiger partial charge in [-0.05, 0) is 38.8 Å². The molecule has 1 aromatic heterocycles. The number of carbonyl (C=O) groups is 1. The first-order chi connectivity index (χ1) is 9.90. The third kappa shape index (κ3) is 7.61. The second kappa shape index (κ2) is 7.94. The predicted molar refractivity (Wildman–Crippen MR) is 79.3 cm³/mol. The largest absolute Gasteiger partial charge is 0.444 e. The number of hydrogen-bond donors (Lipinski definition) is 2. The molecule has 5 heteroatoms. The molecule has 1 heterocycles. The molecule has 0 aromatic carbocycles. The summed E-state index contributed by atoms with van der Waals surface area (Å²) in [5.74, 6) is 10.9. The molecule has 1 rings (SSSR count). The van der Waals surface area contributed by atoms with Gasteiger partial charge >= 0.3 is 6.09 Å². The lowest BCUT2D eigenvalue weighted by Crippen LogP contribution is -2.32. The third-order valence-corrected chi connectivity index (χ3v) is 2.01. The molecule has 0 saturated carbocycles. The van der Waals surface area contributed by atoms with Crippen LogP contribution >= 0.6 is 0 Å². The molecule has 0 radical (unpaired) electrons. The summed E-state index contributed by atoms with van der Waals surface area (Å²) in [6, 6.07) is 3.49. The van der Waals surface area contributed by atoms with Crippen LogP contribution in [0.25, 0.3) is 0 Å². The highest BCUT2D eigenvalue weighted by Crippen LogP contribution is 2.06.